The van der Waals surface area contributed by atoms with E-state index in [1.54, 1.807) is 30.3 Å². The van der Waals surface area contributed by atoms with Gasteiger partial charge in [0.1, 0.15) is 5.75 Å². The molecule has 0 aliphatic carbocycles. The molecule has 0 aromatic heterocycles. The van der Waals surface area contributed by atoms with Crippen LogP contribution < -0.4 is 14.4 Å². The van der Waals surface area contributed by atoms with E-state index >= 15 is 0 Å². The lowest BCUT2D eigenvalue weighted by molar-refractivity contribution is -0.118. The summed E-state index contributed by atoms with van der Waals surface area (Å²) in [6, 6.07) is 10.7. The normalized spacial score (nSPS) is 10.9. The third-order valence-electron chi connectivity index (χ3n) is 3.72. The third-order valence-corrected chi connectivity index (χ3v) is 5.26. The minimum atomic E-state index is -3.36. The van der Waals surface area contributed by atoms with E-state index in [2.05, 4.69) is 10.1 Å². The number of esters is 1. The molecule has 0 saturated heterocycles. The van der Waals surface area contributed by atoms with Gasteiger partial charge >= 0.3 is 5.97 Å². The van der Waals surface area contributed by atoms with E-state index in [1.807, 2.05) is 0 Å². The topological polar surface area (TPSA) is 102 Å². The summed E-state index contributed by atoms with van der Waals surface area (Å²) in [6.07, 6.45) is 1.10. The summed E-state index contributed by atoms with van der Waals surface area (Å²) in [5, 5.41) is 2.80. The molecule has 28 heavy (non-hydrogen) atoms. The van der Waals surface area contributed by atoms with Gasteiger partial charge in [-0.15, -0.1) is 0 Å². The van der Waals surface area contributed by atoms with E-state index < -0.39 is 21.9 Å². The Kier molecular flexibility index (Phi) is 6.87. The molecule has 2 aromatic carbocycles. The van der Waals surface area contributed by atoms with Gasteiger partial charge in [0.05, 0.1) is 29.6 Å². The molecular weight excluding hydrogens is 408 g/mol. The third kappa shape index (κ3) is 5.61. The van der Waals surface area contributed by atoms with Crippen LogP contribution >= 0.6 is 11.6 Å². The number of ether oxygens (including phenoxy) is 2. The summed E-state index contributed by atoms with van der Waals surface area (Å²) >= 11 is 5.93. The average Bonchev–Trinajstić information content (AvgIpc) is 2.66. The lowest BCUT2D eigenvalue weighted by Crippen LogP contribution is -2.24. The molecule has 0 atom stereocenters. The zero-order valence-electron chi connectivity index (χ0n) is 15.4. The lowest BCUT2D eigenvalue weighted by atomic mass is 10.2. The van der Waals surface area contributed by atoms with Gasteiger partial charge in [-0.25, -0.2) is 13.2 Å². The van der Waals surface area contributed by atoms with E-state index in [0.717, 1.165) is 10.6 Å². The molecule has 0 fully saturated rings. The first kappa shape index (κ1) is 21.5. The van der Waals surface area contributed by atoms with Crippen LogP contribution in [0.1, 0.15) is 10.4 Å². The van der Waals surface area contributed by atoms with Gasteiger partial charge in [0, 0.05) is 12.7 Å². The van der Waals surface area contributed by atoms with Crippen LogP contribution in [0.4, 0.5) is 11.4 Å². The van der Waals surface area contributed by atoms with Crippen molar-refractivity contribution in [3.63, 3.8) is 0 Å². The summed E-state index contributed by atoms with van der Waals surface area (Å²) in [5.74, 6) is -0.667. The average molecular weight is 427 g/mol. The van der Waals surface area contributed by atoms with Gasteiger partial charge in [0.15, 0.2) is 6.61 Å². The van der Waals surface area contributed by atoms with Crippen molar-refractivity contribution in [2.24, 2.45) is 0 Å². The number of nitrogens with zero attached hydrogens (tertiary/aromatic N) is 1. The second-order valence-corrected chi connectivity index (χ2v) is 8.17. The fraction of sp³-hybridized carbons (Fsp3) is 0.222. The van der Waals surface area contributed by atoms with E-state index in [-0.39, 0.29) is 17.2 Å². The Bertz CT molecular complexity index is 976. The standard InChI is InChI=1S/C18H19ClN2O6S/c1-21(28(3,24)25)13-5-7-14(8-6-13)27-11-17(22)20-12-4-9-16(19)15(10-12)18(23)26-2/h4-10H,11H2,1-3H3,(H,20,22). The number of sulfonamides is 1. The highest BCUT2D eigenvalue weighted by atomic mass is 35.5. The highest BCUT2D eigenvalue weighted by Crippen LogP contribution is 2.22. The zero-order chi connectivity index (χ0) is 20.9. The van der Waals surface area contributed by atoms with E-state index in [4.69, 9.17) is 16.3 Å². The number of carbonyl (C=O) groups excluding carboxylic acids is 2. The molecule has 0 aliphatic heterocycles. The number of nitrogens with one attached hydrogen (secondary N) is 1. The molecule has 0 saturated carbocycles. The molecule has 1 N–H and O–H groups in total. The summed E-state index contributed by atoms with van der Waals surface area (Å²) in [6.45, 7) is -0.280. The number of carbonyl (C=O) groups is 2. The SMILES string of the molecule is COC(=O)c1cc(NC(=O)COc2ccc(N(C)S(C)(=O)=O)cc2)ccc1Cl. The predicted octanol–water partition coefficient (Wildman–Crippen LogP) is 2.54. The molecule has 1 amide bonds. The number of amides is 1. The summed E-state index contributed by atoms with van der Waals surface area (Å²) in [5.41, 5.74) is 0.966. The number of hydrogen-bond acceptors (Lipinski definition) is 6. The van der Waals surface area contributed by atoms with Crippen LogP contribution in [0.25, 0.3) is 0 Å². The Labute approximate surface area is 168 Å². The maximum Gasteiger partial charge on any atom is 0.339 e. The van der Waals surface area contributed by atoms with Crippen molar-refractivity contribution in [1.82, 2.24) is 0 Å². The van der Waals surface area contributed by atoms with Gasteiger partial charge in [0.2, 0.25) is 10.0 Å². The first-order chi connectivity index (χ1) is 13.1. The van der Waals surface area contributed by atoms with E-state index in [0.29, 0.717) is 17.1 Å². The second kappa shape index (κ2) is 8.94. The first-order valence-electron chi connectivity index (χ1n) is 7.96. The summed E-state index contributed by atoms with van der Waals surface area (Å²) in [4.78, 5) is 23.7. The Hall–Kier alpha value is -2.78. The fourth-order valence-corrected chi connectivity index (χ4v) is 2.86. The number of hydrogen-bond donors (Lipinski definition) is 1. The molecule has 0 radical (unpaired) electrons. The van der Waals surface area contributed by atoms with E-state index in [1.165, 1.54) is 26.3 Å². The molecule has 2 rings (SSSR count). The molecule has 0 bridgehead atoms. The summed E-state index contributed by atoms with van der Waals surface area (Å²) < 4.78 is 34.2. The number of anilines is 2. The van der Waals surface area contributed by atoms with Crippen LogP contribution in [0.15, 0.2) is 42.5 Å². The van der Waals surface area contributed by atoms with Crippen molar-refractivity contribution >= 4 is 44.9 Å². The molecule has 0 spiro atoms. The molecule has 0 unspecified atom stereocenters. The maximum atomic E-state index is 12.1. The molecule has 0 aliphatic rings. The Balaban J connectivity index is 1.97. The van der Waals surface area contributed by atoms with Crippen LogP contribution in [-0.2, 0) is 19.6 Å². The largest absolute Gasteiger partial charge is 0.484 e. The quantitative estimate of drug-likeness (QED) is 0.682. The van der Waals surface area contributed by atoms with Crippen molar-refractivity contribution in [2.45, 2.75) is 0 Å². The van der Waals surface area contributed by atoms with Crippen LogP contribution in [0.3, 0.4) is 0 Å². The highest BCUT2D eigenvalue weighted by Gasteiger charge is 2.14. The van der Waals surface area contributed by atoms with Crippen molar-refractivity contribution < 1.29 is 27.5 Å². The fourth-order valence-electron chi connectivity index (χ4n) is 2.16. The number of halogens is 1. The van der Waals surface area contributed by atoms with Gasteiger partial charge in [-0.3, -0.25) is 9.10 Å². The maximum absolute atomic E-state index is 12.1. The number of methoxy groups -OCH3 is 1. The number of rotatable bonds is 7. The first-order valence-corrected chi connectivity index (χ1v) is 10.2. The molecule has 150 valence electrons. The lowest BCUT2D eigenvalue weighted by Gasteiger charge is -2.16. The summed E-state index contributed by atoms with van der Waals surface area (Å²) in [7, 11) is -0.687. The van der Waals surface area contributed by atoms with Gasteiger partial charge in [-0.05, 0) is 42.5 Å². The molecule has 8 nitrogen and oxygen atoms in total. The second-order valence-electron chi connectivity index (χ2n) is 5.75. The van der Waals surface area contributed by atoms with Crippen LogP contribution in [0, 0.1) is 0 Å². The molecule has 0 heterocycles. The molecule has 2 aromatic rings. The van der Waals surface area contributed by atoms with Crippen molar-refractivity contribution in [3.05, 3.63) is 53.1 Å². The van der Waals surface area contributed by atoms with Crippen molar-refractivity contribution in [2.75, 3.05) is 36.6 Å². The molecular formula is C18H19ClN2O6S. The van der Waals surface area contributed by atoms with Crippen LogP contribution in [0.5, 0.6) is 5.75 Å². The van der Waals surface area contributed by atoms with Crippen molar-refractivity contribution in [3.8, 4) is 5.75 Å². The smallest absolute Gasteiger partial charge is 0.339 e. The van der Waals surface area contributed by atoms with E-state index in [9.17, 15) is 18.0 Å². The van der Waals surface area contributed by atoms with Gasteiger partial charge < -0.3 is 14.8 Å². The van der Waals surface area contributed by atoms with Crippen LogP contribution in [0.2, 0.25) is 5.02 Å². The van der Waals surface area contributed by atoms with Gasteiger partial charge in [-0.1, -0.05) is 11.6 Å². The monoisotopic (exact) mass is 426 g/mol. The molecule has 10 heteroatoms. The minimum Gasteiger partial charge on any atom is -0.484 e. The Morgan fingerprint density at radius 3 is 2.36 bits per heavy atom. The van der Waals surface area contributed by atoms with Gasteiger partial charge in [-0.2, -0.15) is 0 Å². The Morgan fingerprint density at radius 2 is 1.79 bits per heavy atom. The predicted molar refractivity (Wildman–Crippen MR) is 107 cm³/mol. The number of benzene rings is 2. The Morgan fingerprint density at radius 1 is 1.14 bits per heavy atom. The highest BCUT2D eigenvalue weighted by molar-refractivity contribution is 7.92. The van der Waals surface area contributed by atoms with Crippen molar-refractivity contribution in [1.29, 1.82) is 0 Å². The van der Waals surface area contributed by atoms with Crippen LogP contribution in [-0.4, -0.2) is 47.3 Å². The van der Waals surface area contributed by atoms with Gasteiger partial charge in [0.25, 0.3) is 5.91 Å². The zero-order valence-corrected chi connectivity index (χ0v) is 17.0. The minimum absolute atomic E-state index is 0.133.